The quantitative estimate of drug-likeness (QED) is 0.236. The number of phenols is 2. The van der Waals surface area contributed by atoms with Gasteiger partial charge in [-0.2, -0.15) is 0 Å². The number of aromatic nitrogens is 4. The Balaban J connectivity index is 0.00000108. The van der Waals surface area contributed by atoms with Crippen LogP contribution in [0.4, 0.5) is 0 Å². The first-order valence-corrected chi connectivity index (χ1v) is 12.0. The van der Waals surface area contributed by atoms with E-state index >= 15 is 0 Å². The number of benzene rings is 2. The van der Waals surface area contributed by atoms with E-state index in [0.29, 0.717) is 23.2 Å². The van der Waals surface area contributed by atoms with E-state index in [2.05, 4.69) is 39.3 Å². The molecule has 0 aliphatic rings. The van der Waals surface area contributed by atoms with Gasteiger partial charge in [-0.15, -0.1) is 10.2 Å². The zero-order valence-corrected chi connectivity index (χ0v) is 21.1. The Morgan fingerprint density at radius 2 is 1.77 bits per heavy atom. The lowest BCUT2D eigenvalue weighted by Gasteiger charge is -2.14. The monoisotopic (exact) mass is 477 g/mol. The first-order chi connectivity index (χ1) is 16.9. The summed E-state index contributed by atoms with van der Waals surface area (Å²) in [5.41, 5.74) is 2.94. The average Bonchev–Trinajstić information content (AvgIpc) is 3.43. The minimum Gasteiger partial charge on any atom is -0.508 e. The number of nitrogens with one attached hydrogen (secondary N) is 1. The van der Waals surface area contributed by atoms with Crippen molar-refractivity contribution < 1.29 is 15.0 Å². The van der Waals surface area contributed by atoms with Gasteiger partial charge in [0.2, 0.25) is 5.82 Å². The van der Waals surface area contributed by atoms with Crippen LogP contribution in [0, 0.1) is 0 Å². The Labute approximate surface area is 206 Å². The smallest absolute Gasteiger partial charge is 0.201 e. The van der Waals surface area contributed by atoms with E-state index in [0.717, 1.165) is 29.6 Å². The zero-order chi connectivity index (χ0) is 25.5. The number of hydrogen-bond donors (Lipinski definition) is 3. The van der Waals surface area contributed by atoms with Gasteiger partial charge < -0.3 is 20.1 Å². The van der Waals surface area contributed by atoms with Crippen LogP contribution < -0.4 is 5.32 Å². The van der Waals surface area contributed by atoms with Crippen LogP contribution in [0.1, 0.15) is 62.1 Å². The molecule has 35 heavy (non-hydrogen) atoms. The first kappa shape index (κ1) is 26.0. The summed E-state index contributed by atoms with van der Waals surface area (Å²) in [4.78, 5) is 11.7. The summed E-state index contributed by atoms with van der Waals surface area (Å²) in [5, 5.41) is 32.8. The molecule has 0 fully saturated rings. The Morgan fingerprint density at radius 1 is 1.03 bits per heavy atom. The summed E-state index contributed by atoms with van der Waals surface area (Å²) >= 11 is 0. The number of aldehydes is 1. The second-order valence-corrected chi connectivity index (χ2v) is 8.88. The maximum atomic E-state index is 11.7. The van der Waals surface area contributed by atoms with Crippen molar-refractivity contribution >= 4 is 17.2 Å². The van der Waals surface area contributed by atoms with Gasteiger partial charge >= 0.3 is 0 Å². The first-order valence-electron chi connectivity index (χ1n) is 12.0. The molecule has 8 heteroatoms. The lowest BCUT2D eigenvalue weighted by molar-refractivity contribution is 0.111. The van der Waals surface area contributed by atoms with E-state index in [-0.39, 0.29) is 23.2 Å². The van der Waals surface area contributed by atoms with Gasteiger partial charge in [0, 0.05) is 29.7 Å². The fourth-order valence-electron chi connectivity index (χ4n) is 4.09. The third-order valence-corrected chi connectivity index (χ3v) is 5.82. The molecule has 0 amide bonds. The van der Waals surface area contributed by atoms with Crippen LogP contribution in [-0.4, -0.2) is 49.9 Å². The van der Waals surface area contributed by atoms with Crippen molar-refractivity contribution in [3.63, 3.8) is 0 Å². The molecule has 2 heterocycles. The van der Waals surface area contributed by atoms with Crippen molar-refractivity contribution in [2.24, 2.45) is 0 Å². The topological polar surface area (TPSA) is 105 Å². The molecular weight excluding hydrogens is 442 g/mol. The maximum absolute atomic E-state index is 11.7. The summed E-state index contributed by atoms with van der Waals surface area (Å²) in [6.07, 6.45) is 6.23. The minimum atomic E-state index is -0.124. The lowest BCUT2D eigenvalue weighted by Crippen LogP contribution is -2.03. The minimum absolute atomic E-state index is 0.0220. The molecule has 0 unspecified atom stereocenters. The molecule has 8 nitrogen and oxygen atoms in total. The molecule has 0 bridgehead atoms. The SMILES string of the molecule is CCCCCn1ccc2cc(-n3c(C=O)nnc3-c3cc(C(C)C)c(O)cc3O)ccc21.CNC. The average molecular weight is 478 g/mol. The van der Waals surface area contributed by atoms with Crippen molar-refractivity contribution in [2.45, 2.75) is 52.5 Å². The van der Waals surface area contributed by atoms with Gasteiger partial charge in [0.05, 0.1) is 11.3 Å². The summed E-state index contributed by atoms with van der Waals surface area (Å²) < 4.78 is 3.88. The van der Waals surface area contributed by atoms with Crippen LogP contribution in [0.15, 0.2) is 42.6 Å². The number of rotatable bonds is 8. The highest BCUT2D eigenvalue weighted by Gasteiger charge is 2.21. The molecule has 2 aromatic heterocycles. The fourth-order valence-corrected chi connectivity index (χ4v) is 4.09. The van der Waals surface area contributed by atoms with Crippen LogP contribution in [0.2, 0.25) is 0 Å². The highest BCUT2D eigenvalue weighted by Crippen LogP contribution is 2.38. The largest absolute Gasteiger partial charge is 0.508 e. The molecule has 2 aromatic carbocycles. The van der Waals surface area contributed by atoms with Crippen LogP contribution >= 0.6 is 0 Å². The van der Waals surface area contributed by atoms with E-state index in [1.807, 2.05) is 46.1 Å². The number of unbranched alkanes of at least 4 members (excludes halogenated alkanes) is 2. The molecule has 4 rings (SSSR count). The molecule has 0 aliphatic carbocycles. The van der Waals surface area contributed by atoms with E-state index in [9.17, 15) is 15.0 Å². The van der Waals surface area contributed by atoms with Gasteiger partial charge in [-0.25, -0.2) is 0 Å². The van der Waals surface area contributed by atoms with Crippen LogP contribution in [0.3, 0.4) is 0 Å². The normalized spacial score (nSPS) is 11.0. The number of hydrogen-bond acceptors (Lipinski definition) is 6. The number of phenolic OH excluding ortho intramolecular Hbond substituents is 2. The van der Waals surface area contributed by atoms with E-state index < -0.39 is 0 Å². The fraction of sp³-hybridized carbons (Fsp3) is 0.370. The van der Waals surface area contributed by atoms with Crippen LogP contribution in [0.25, 0.3) is 28.0 Å². The van der Waals surface area contributed by atoms with Crippen molar-refractivity contribution in [3.8, 4) is 28.6 Å². The highest BCUT2D eigenvalue weighted by molar-refractivity contribution is 5.84. The third kappa shape index (κ3) is 5.54. The van der Waals surface area contributed by atoms with Crippen molar-refractivity contribution in [1.82, 2.24) is 24.6 Å². The number of fused-ring (bicyclic) bond motifs is 1. The molecule has 4 aromatic rings. The number of aromatic hydroxyl groups is 2. The van der Waals surface area contributed by atoms with Gasteiger partial charge in [-0.3, -0.25) is 9.36 Å². The maximum Gasteiger partial charge on any atom is 0.201 e. The predicted molar refractivity (Wildman–Crippen MR) is 140 cm³/mol. The molecule has 0 aliphatic heterocycles. The second kappa shape index (κ2) is 11.7. The molecule has 0 atom stereocenters. The lowest BCUT2D eigenvalue weighted by atomic mass is 9.98. The number of carbonyl (C=O) groups excluding carboxylic acids is 1. The summed E-state index contributed by atoms with van der Waals surface area (Å²) in [6.45, 7) is 7.07. The summed E-state index contributed by atoms with van der Waals surface area (Å²) in [6, 6.07) is 11.0. The highest BCUT2D eigenvalue weighted by atomic mass is 16.3. The number of carbonyl (C=O) groups is 1. The van der Waals surface area contributed by atoms with Crippen molar-refractivity contribution in [2.75, 3.05) is 14.1 Å². The zero-order valence-electron chi connectivity index (χ0n) is 21.1. The molecular formula is C27H35N5O3. The predicted octanol–water partition coefficient (Wildman–Crippen LogP) is 5.26. The van der Waals surface area contributed by atoms with Gasteiger partial charge in [0.1, 0.15) is 11.5 Å². The van der Waals surface area contributed by atoms with Crippen LogP contribution in [0.5, 0.6) is 11.5 Å². The van der Waals surface area contributed by atoms with E-state index in [1.54, 1.807) is 10.6 Å². The van der Waals surface area contributed by atoms with Gasteiger partial charge in [-0.1, -0.05) is 33.6 Å². The van der Waals surface area contributed by atoms with Gasteiger partial charge in [0.15, 0.2) is 12.1 Å². The van der Waals surface area contributed by atoms with Gasteiger partial charge in [0.25, 0.3) is 0 Å². The molecule has 0 spiro atoms. The van der Waals surface area contributed by atoms with Crippen molar-refractivity contribution in [3.05, 3.63) is 54.0 Å². The van der Waals surface area contributed by atoms with Crippen LogP contribution in [-0.2, 0) is 6.54 Å². The molecule has 0 saturated carbocycles. The Hall–Kier alpha value is -3.65. The number of aryl methyl sites for hydroxylation is 1. The molecule has 186 valence electrons. The molecule has 0 radical (unpaired) electrons. The standard InChI is InChI=1S/C25H28N4O3.C2H7N/c1-4-5-6-10-28-11-9-17-12-18(7-8-21(17)28)29-24(15-30)26-27-25(29)20-13-19(16(2)3)22(31)14-23(20)32;1-3-2/h7-9,11-16,31-32H,4-6,10H2,1-3H3;3H,1-2H3. The summed E-state index contributed by atoms with van der Waals surface area (Å²) in [5.74, 6) is 0.420. The second-order valence-electron chi connectivity index (χ2n) is 8.88. The molecule has 0 saturated heterocycles. The van der Waals surface area contributed by atoms with Gasteiger partial charge in [-0.05, 0) is 62.3 Å². The van der Waals surface area contributed by atoms with Crippen molar-refractivity contribution in [1.29, 1.82) is 0 Å². The Morgan fingerprint density at radius 3 is 2.43 bits per heavy atom. The Kier molecular flexibility index (Phi) is 8.65. The molecule has 3 N–H and O–H groups in total. The Bertz CT molecular complexity index is 1290. The van der Waals surface area contributed by atoms with E-state index in [1.165, 1.54) is 18.9 Å². The van der Waals surface area contributed by atoms with E-state index in [4.69, 9.17) is 0 Å². The summed E-state index contributed by atoms with van der Waals surface area (Å²) in [7, 11) is 3.75. The number of nitrogens with zero attached hydrogens (tertiary/aromatic N) is 4. The third-order valence-electron chi connectivity index (χ3n) is 5.82.